The van der Waals surface area contributed by atoms with E-state index in [1.54, 1.807) is 0 Å². The third-order valence-electron chi connectivity index (χ3n) is 3.78. The maximum absolute atomic E-state index is 10.5. The van der Waals surface area contributed by atoms with Gasteiger partial charge in [0, 0.05) is 0 Å². The van der Waals surface area contributed by atoms with Gasteiger partial charge in [-0.2, -0.15) is 0 Å². The van der Waals surface area contributed by atoms with Gasteiger partial charge in [0.2, 0.25) is 0 Å². The van der Waals surface area contributed by atoms with Crippen LogP contribution in [-0.2, 0) is 18.2 Å². The number of hydrogen-bond acceptors (Lipinski definition) is 4. The van der Waals surface area contributed by atoms with E-state index in [1.165, 1.54) is 0 Å². The van der Waals surface area contributed by atoms with Gasteiger partial charge < -0.3 is 19.6 Å². The topological polar surface area (TPSA) is 134 Å². The Hall–Kier alpha value is -0.820. The summed E-state index contributed by atoms with van der Waals surface area (Å²) in [5.74, 6) is 0. The molecular formula is C20H36O8P2. The summed E-state index contributed by atoms with van der Waals surface area (Å²) < 4.78 is 29.7. The molecule has 10 heteroatoms. The lowest BCUT2D eigenvalue weighted by atomic mass is 10.2. The molecule has 0 aromatic rings. The molecule has 0 unspecified atom stereocenters. The van der Waals surface area contributed by atoms with Gasteiger partial charge in [-0.3, -0.25) is 9.05 Å². The molecule has 0 spiro atoms. The molecule has 0 saturated heterocycles. The van der Waals surface area contributed by atoms with Crippen LogP contribution < -0.4 is 0 Å². The summed E-state index contributed by atoms with van der Waals surface area (Å²) in [6.07, 6.45) is 25.2. The summed E-state index contributed by atoms with van der Waals surface area (Å²) in [7, 11) is -8.64. The second kappa shape index (κ2) is 18.9. The zero-order valence-electron chi connectivity index (χ0n) is 17.4. The first-order valence-corrected chi connectivity index (χ1v) is 13.3. The summed E-state index contributed by atoms with van der Waals surface area (Å²) in [5, 5.41) is 0. The quantitative estimate of drug-likeness (QED) is 0.114. The molecule has 8 nitrogen and oxygen atoms in total. The minimum atomic E-state index is -4.33. The fourth-order valence-corrected chi connectivity index (χ4v) is 3.05. The highest BCUT2D eigenvalue weighted by molar-refractivity contribution is 7.46. The van der Waals surface area contributed by atoms with Crippen molar-refractivity contribution in [2.75, 3.05) is 13.2 Å². The van der Waals surface area contributed by atoms with Crippen molar-refractivity contribution in [2.24, 2.45) is 0 Å². The zero-order valence-corrected chi connectivity index (χ0v) is 19.2. The summed E-state index contributed by atoms with van der Waals surface area (Å²) in [6, 6.07) is 0. The third kappa shape index (κ3) is 27.2. The maximum Gasteiger partial charge on any atom is 0.469 e. The molecule has 0 amide bonds. The molecule has 0 bridgehead atoms. The number of hydrogen-bond donors (Lipinski definition) is 4. The highest BCUT2D eigenvalue weighted by Crippen LogP contribution is 2.36. The number of phosphoric ester groups is 2. The largest absolute Gasteiger partial charge is 0.469 e. The molecule has 4 N–H and O–H groups in total. The van der Waals surface area contributed by atoms with E-state index in [1.807, 2.05) is 0 Å². The van der Waals surface area contributed by atoms with Crippen molar-refractivity contribution in [3.63, 3.8) is 0 Å². The average molecular weight is 466 g/mol. The van der Waals surface area contributed by atoms with Gasteiger partial charge in [-0.1, -0.05) is 55.0 Å². The summed E-state index contributed by atoms with van der Waals surface area (Å²) in [4.78, 5) is 34.1. The van der Waals surface area contributed by atoms with Crippen molar-refractivity contribution in [3.8, 4) is 0 Å². The zero-order chi connectivity index (χ0) is 22.6. The Morgan fingerprint density at radius 1 is 0.500 bits per heavy atom. The first-order valence-electron chi connectivity index (χ1n) is 10.2. The highest BCUT2D eigenvalue weighted by Gasteiger charge is 2.12. The van der Waals surface area contributed by atoms with Gasteiger partial charge >= 0.3 is 15.6 Å². The fraction of sp³-hybridized carbons (Fsp3) is 0.600. The predicted octanol–water partition coefficient (Wildman–Crippen LogP) is 5.33. The van der Waals surface area contributed by atoms with Crippen LogP contribution in [0.5, 0.6) is 0 Å². The lowest BCUT2D eigenvalue weighted by Gasteiger charge is -2.03. The molecule has 174 valence electrons. The van der Waals surface area contributed by atoms with Crippen LogP contribution in [0.3, 0.4) is 0 Å². The van der Waals surface area contributed by atoms with Crippen LogP contribution in [0, 0.1) is 0 Å². The van der Waals surface area contributed by atoms with E-state index in [4.69, 9.17) is 19.6 Å². The fourth-order valence-electron chi connectivity index (χ4n) is 2.32. The third-order valence-corrected chi connectivity index (χ3v) is 4.82. The molecule has 0 aliphatic heterocycles. The second-order valence-electron chi connectivity index (χ2n) is 6.59. The molecule has 0 aliphatic carbocycles. The summed E-state index contributed by atoms with van der Waals surface area (Å²) >= 11 is 0. The van der Waals surface area contributed by atoms with Gasteiger partial charge in [-0.15, -0.1) is 0 Å². The van der Waals surface area contributed by atoms with Crippen LogP contribution in [0.1, 0.15) is 64.2 Å². The van der Waals surface area contributed by atoms with Gasteiger partial charge in [0.25, 0.3) is 0 Å². The van der Waals surface area contributed by atoms with E-state index in [2.05, 4.69) is 57.7 Å². The van der Waals surface area contributed by atoms with Gasteiger partial charge in [0.15, 0.2) is 0 Å². The number of rotatable bonds is 19. The van der Waals surface area contributed by atoms with Crippen LogP contribution in [0.15, 0.2) is 48.6 Å². The van der Waals surface area contributed by atoms with E-state index in [9.17, 15) is 9.13 Å². The minimum absolute atomic E-state index is 0.0801. The van der Waals surface area contributed by atoms with Crippen molar-refractivity contribution in [3.05, 3.63) is 48.6 Å². The Bertz CT molecular complexity index is 616. The van der Waals surface area contributed by atoms with E-state index in [0.717, 1.165) is 51.4 Å². The molecule has 0 saturated carbocycles. The normalized spacial score (nSPS) is 13.6. The molecule has 0 aromatic carbocycles. The van der Waals surface area contributed by atoms with E-state index < -0.39 is 15.6 Å². The first-order chi connectivity index (χ1) is 14.2. The van der Waals surface area contributed by atoms with Crippen LogP contribution in [0.4, 0.5) is 0 Å². The SMILES string of the molecule is O=P(O)(O)OCCCC/C=C/C/C=C/C/C=C/C/C=C/CCCCCOP(=O)(O)O. The standard InChI is InChI=1S/C20H36O8P2/c21-29(22,23)27-19-17-15-13-11-9-7-5-3-1-2-4-6-8-10-12-14-16-18-20-28-30(24,25)26/h1,3-4,6-7,9-10,12H,2,5,8,11,13-20H2,(H2,21,22,23)(H2,24,25,26)/b3-1+,6-4+,9-7+,12-10+. The number of phosphoric acid groups is 2. The Kier molecular flexibility index (Phi) is 18.4. The Morgan fingerprint density at radius 3 is 1.23 bits per heavy atom. The summed E-state index contributed by atoms with van der Waals surface area (Å²) in [6.45, 7) is 0.175. The Balaban J connectivity index is 3.44. The molecule has 0 radical (unpaired) electrons. The summed E-state index contributed by atoms with van der Waals surface area (Å²) in [5.41, 5.74) is 0. The van der Waals surface area contributed by atoms with Crippen molar-refractivity contribution in [2.45, 2.75) is 64.2 Å². The van der Waals surface area contributed by atoms with Gasteiger partial charge in [-0.25, -0.2) is 9.13 Å². The smallest absolute Gasteiger partial charge is 0.303 e. The molecular weight excluding hydrogens is 430 g/mol. The molecule has 0 aliphatic rings. The second-order valence-corrected chi connectivity index (χ2v) is 9.06. The Morgan fingerprint density at radius 2 is 0.833 bits per heavy atom. The van der Waals surface area contributed by atoms with Crippen molar-refractivity contribution in [1.29, 1.82) is 0 Å². The average Bonchev–Trinajstić information content (AvgIpc) is 2.64. The molecule has 0 rings (SSSR count). The van der Waals surface area contributed by atoms with Crippen LogP contribution in [0.25, 0.3) is 0 Å². The van der Waals surface area contributed by atoms with Gasteiger partial charge in [0.1, 0.15) is 0 Å². The highest BCUT2D eigenvalue weighted by atomic mass is 31.2. The molecule has 0 fully saturated rings. The lowest BCUT2D eigenvalue weighted by Crippen LogP contribution is -1.91. The van der Waals surface area contributed by atoms with Crippen LogP contribution >= 0.6 is 15.6 Å². The molecule has 0 atom stereocenters. The first kappa shape index (κ1) is 29.2. The number of unbranched alkanes of at least 4 members (excludes halogenated alkanes) is 5. The van der Waals surface area contributed by atoms with Crippen LogP contribution in [-0.4, -0.2) is 32.8 Å². The van der Waals surface area contributed by atoms with E-state index in [0.29, 0.717) is 12.8 Å². The van der Waals surface area contributed by atoms with Crippen molar-refractivity contribution in [1.82, 2.24) is 0 Å². The maximum atomic E-state index is 10.5. The molecule has 0 heterocycles. The van der Waals surface area contributed by atoms with Gasteiger partial charge in [-0.05, 0) is 57.8 Å². The lowest BCUT2D eigenvalue weighted by molar-refractivity contribution is 0.192. The molecule has 0 aromatic heterocycles. The monoisotopic (exact) mass is 466 g/mol. The van der Waals surface area contributed by atoms with Crippen molar-refractivity contribution >= 4 is 15.6 Å². The number of allylic oxidation sites excluding steroid dienone is 8. The van der Waals surface area contributed by atoms with E-state index >= 15 is 0 Å². The Labute approximate surface area is 179 Å². The van der Waals surface area contributed by atoms with Gasteiger partial charge in [0.05, 0.1) is 13.2 Å². The minimum Gasteiger partial charge on any atom is -0.303 e. The predicted molar refractivity (Wildman–Crippen MR) is 119 cm³/mol. The molecule has 30 heavy (non-hydrogen) atoms. The van der Waals surface area contributed by atoms with E-state index in [-0.39, 0.29) is 13.2 Å². The van der Waals surface area contributed by atoms with Crippen molar-refractivity contribution < 1.29 is 37.8 Å². The van der Waals surface area contributed by atoms with Crippen LogP contribution in [0.2, 0.25) is 0 Å².